The minimum atomic E-state index is 0.181. The van der Waals surface area contributed by atoms with Gasteiger partial charge in [0.1, 0.15) is 0 Å². The van der Waals surface area contributed by atoms with E-state index in [2.05, 4.69) is 66.5 Å². The molecule has 2 aromatic rings. The monoisotopic (exact) mass is 455 g/mol. The minimum absolute atomic E-state index is 0.181. The molecule has 1 heterocycles. The van der Waals surface area contributed by atoms with Crippen LogP contribution in [0.5, 0.6) is 0 Å². The Hall–Kier alpha value is -1.88. The summed E-state index contributed by atoms with van der Waals surface area (Å²) in [6.45, 7) is 9.80. The molecule has 5 heteroatoms. The Kier molecular flexibility index (Phi) is 10.0. The Balaban J connectivity index is 1.51. The zero-order chi connectivity index (χ0) is 22.8. The van der Waals surface area contributed by atoms with E-state index in [-0.39, 0.29) is 11.9 Å². The van der Waals surface area contributed by atoms with Gasteiger partial charge in [0.15, 0.2) is 0 Å². The second-order valence-corrected chi connectivity index (χ2v) is 9.21. The summed E-state index contributed by atoms with van der Waals surface area (Å²) >= 11 is 6.13. The Morgan fingerprint density at radius 3 is 2.19 bits per heavy atom. The summed E-state index contributed by atoms with van der Waals surface area (Å²) in [4.78, 5) is 17.3. The summed E-state index contributed by atoms with van der Waals surface area (Å²) in [7, 11) is 0. The number of piperazine rings is 1. The van der Waals surface area contributed by atoms with Gasteiger partial charge < -0.3 is 10.2 Å². The highest BCUT2D eigenvalue weighted by Gasteiger charge is 2.28. The molecule has 0 aromatic heterocycles. The highest BCUT2D eigenvalue weighted by atomic mass is 35.5. The van der Waals surface area contributed by atoms with Crippen LogP contribution in [0.15, 0.2) is 54.6 Å². The molecule has 32 heavy (non-hydrogen) atoms. The Labute approximate surface area is 198 Å². The SMILES string of the molecule is CCC(CC)CNCCCC(=O)N1CCN(C(c2ccccc2)c2ccc(Cl)cc2)CC1. The van der Waals surface area contributed by atoms with Crippen LogP contribution in [0.2, 0.25) is 5.02 Å². The van der Waals surface area contributed by atoms with Gasteiger partial charge in [-0.2, -0.15) is 0 Å². The molecule has 4 nitrogen and oxygen atoms in total. The average Bonchev–Trinajstić information content (AvgIpc) is 2.84. The van der Waals surface area contributed by atoms with E-state index in [0.717, 1.165) is 56.6 Å². The van der Waals surface area contributed by atoms with Gasteiger partial charge in [0, 0.05) is 37.6 Å². The quantitative estimate of drug-likeness (QED) is 0.462. The normalized spacial score (nSPS) is 15.8. The van der Waals surface area contributed by atoms with E-state index >= 15 is 0 Å². The molecule has 2 aromatic carbocycles. The van der Waals surface area contributed by atoms with Crippen LogP contribution in [0.25, 0.3) is 0 Å². The molecule has 174 valence electrons. The lowest BCUT2D eigenvalue weighted by atomic mass is 9.96. The van der Waals surface area contributed by atoms with E-state index < -0.39 is 0 Å². The van der Waals surface area contributed by atoms with E-state index in [1.54, 1.807) is 0 Å². The van der Waals surface area contributed by atoms with Gasteiger partial charge in [-0.1, -0.05) is 80.8 Å². The van der Waals surface area contributed by atoms with Crippen LogP contribution in [0.1, 0.15) is 56.7 Å². The molecule has 0 spiro atoms. The van der Waals surface area contributed by atoms with Crippen LogP contribution >= 0.6 is 11.6 Å². The van der Waals surface area contributed by atoms with Crippen molar-refractivity contribution in [1.82, 2.24) is 15.1 Å². The highest BCUT2D eigenvalue weighted by Crippen LogP contribution is 2.30. The van der Waals surface area contributed by atoms with Gasteiger partial charge in [-0.25, -0.2) is 0 Å². The third-order valence-electron chi connectivity index (χ3n) is 6.67. The summed E-state index contributed by atoms with van der Waals surface area (Å²) in [5.41, 5.74) is 2.52. The molecule has 1 N–H and O–H groups in total. The van der Waals surface area contributed by atoms with E-state index in [1.165, 1.54) is 24.0 Å². The van der Waals surface area contributed by atoms with Gasteiger partial charge in [0.05, 0.1) is 6.04 Å². The molecular weight excluding hydrogens is 418 g/mol. The first-order chi connectivity index (χ1) is 15.6. The number of hydrogen-bond donors (Lipinski definition) is 1. The lowest BCUT2D eigenvalue weighted by molar-refractivity contribution is -0.133. The number of rotatable bonds is 11. The largest absolute Gasteiger partial charge is 0.340 e. The van der Waals surface area contributed by atoms with E-state index in [0.29, 0.717) is 6.42 Å². The van der Waals surface area contributed by atoms with Crippen LogP contribution in [0.4, 0.5) is 0 Å². The Morgan fingerprint density at radius 1 is 0.938 bits per heavy atom. The molecule has 1 fully saturated rings. The predicted molar refractivity (Wildman–Crippen MR) is 134 cm³/mol. The van der Waals surface area contributed by atoms with Crippen molar-refractivity contribution in [3.63, 3.8) is 0 Å². The molecule has 0 radical (unpaired) electrons. The molecule has 1 saturated heterocycles. The van der Waals surface area contributed by atoms with E-state index in [1.807, 2.05) is 17.0 Å². The van der Waals surface area contributed by atoms with Crippen molar-refractivity contribution in [2.24, 2.45) is 5.92 Å². The number of benzene rings is 2. The van der Waals surface area contributed by atoms with Gasteiger partial charge in [0.25, 0.3) is 0 Å². The summed E-state index contributed by atoms with van der Waals surface area (Å²) in [6.07, 6.45) is 3.98. The summed E-state index contributed by atoms with van der Waals surface area (Å²) in [5, 5.41) is 4.27. The third-order valence-corrected chi connectivity index (χ3v) is 6.92. The highest BCUT2D eigenvalue weighted by molar-refractivity contribution is 6.30. The number of amides is 1. The van der Waals surface area contributed by atoms with Crippen molar-refractivity contribution in [2.45, 2.75) is 45.6 Å². The second kappa shape index (κ2) is 13.0. The molecule has 0 aliphatic carbocycles. The third kappa shape index (κ3) is 7.06. The zero-order valence-electron chi connectivity index (χ0n) is 19.6. The Bertz CT molecular complexity index is 799. The molecule has 1 amide bonds. The number of carbonyl (C=O) groups excluding carboxylic acids is 1. The molecule has 0 bridgehead atoms. The Morgan fingerprint density at radius 2 is 1.56 bits per heavy atom. The number of halogens is 1. The van der Waals surface area contributed by atoms with Crippen LogP contribution in [-0.2, 0) is 4.79 Å². The maximum absolute atomic E-state index is 12.7. The molecule has 1 atom stereocenters. The first kappa shape index (κ1) is 24.8. The molecule has 1 aliphatic heterocycles. The molecule has 1 aliphatic rings. The fourth-order valence-corrected chi connectivity index (χ4v) is 4.66. The molecule has 1 unspecified atom stereocenters. The van der Waals surface area contributed by atoms with Crippen molar-refractivity contribution in [2.75, 3.05) is 39.3 Å². The second-order valence-electron chi connectivity index (χ2n) is 8.77. The van der Waals surface area contributed by atoms with Gasteiger partial charge >= 0.3 is 0 Å². The van der Waals surface area contributed by atoms with Crippen LogP contribution in [0, 0.1) is 5.92 Å². The maximum Gasteiger partial charge on any atom is 0.222 e. The molecular formula is C27H38ClN3O. The lowest BCUT2D eigenvalue weighted by Gasteiger charge is -2.40. The van der Waals surface area contributed by atoms with Crippen LogP contribution in [-0.4, -0.2) is 55.0 Å². The van der Waals surface area contributed by atoms with Crippen molar-refractivity contribution < 1.29 is 4.79 Å². The zero-order valence-corrected chi connectivity index (χ0v) is 20.4. The maximum atomic E-state index is 12.7. The fourth-order valence-electron chi connectivity index (χ4n) is 4.53. The molecule has 3 rings (SSSR count). The summed E-state index contributed by atoms with van der Waals surface area (Å²) in [6, 6.07) is 19.0. The predicted octanol–water partition coefficient (Wildman–Crippen LogP) is 5.38. The molecule has 0 saturated carbocycles. The van der Waals surface area contributed by atoms with Crippen molar-refractivity contribution in [1.29, 1.82) is 0 Å². The number of nitrogens with one attached hydrogen (secondary N) is 1. The first-order valence-electron chi connectivity index (χ1n) is 12.1. The van der Waals surface area contributed by atoms with Gasteiger partial charge in [-0.3, -0.25) is 9.69 Å². The van der Waals surface area contributed by atoms with Gasteiger partial charge in [-0.15, -0.1) is 0 Å². The fraction of sp³-hybridized carbons (Fsp3) is 0.519. The van der Waals surface area contributed by atoms with Crippen molar-refractivity contribution >= 4 is 17.5 Å². The summed E-state index contributed by atoms with van der Waals surface area (Å²) in [5.74, 6) is 1.04. The standard InChI is InChI=1S/C27H38ClN3O/c1-3-22(4-2)21-29-16-8-11-26(32)30-17-19-31(20-18-30)27(23-9-6-5-7-10-23)24-12-14-25(28)15-13-24/h5-7,9-10,12-15,22,27,29H,3-4,8,11,16-21H2,1-2H3. The first-order valence-corrected chi connectivity index (χ1v) is 12.5. The van der Waals surface area contributed by atoms with E-state index in [4.69, 9.17) is 11.6 Å². The van der Waals surface area contributed by atoms with Crippen LogP contribution in [0.3, 0.4) is 0 Å². The number of hydrogen-bond acceptors (Lipinski definition) is 3. The van der Waals surface area contributed by atoms with Gasteiger partial charge in [0.2, 0.25) is 5.91 Å². The lowest BCUT2D eigenvalue weighted by Crippen LogP contribution is -2.49. The van der Waals surface area contributed by atoms with Crippen LogP contribution < -0.4 is 5.32 Å². The topological polar surface area (TPSA) is 35.6 Å². The number of carbonyl (C=O) groups is 1. The smallest absolute Gasteiger partial charge is 0.222 e. The summed E-state index contributed by atoms with van der Waals surface area (Å²) < 4.78 is 0. The van der Waals surface area contributed by atoms with Gasteiger partial charge in [-0.05, 0) is 48.7 Å². The number of nitrogens with zero attached hydrogens (tertiary/aromatic N) is 2. The average molecular weight is 456 g/mol. The minimum Gasteiger partial charge on any atom is -0.340 e. The van der Waals surface area contributed by atoms with Crippen molar-refractivity contribution in [3.8, 4) is 0 Å². The van der Waals surface area contributed by atoms with E-state index in [9.17, 15) is 4.79 Å². The van der Waals surface area contributed by atoms with Crippen molar-refractivity contribution in [3.05, 3.63) is 70.7 Å².